The smallest absolute Gasteiger partial charge is 0.167 e. The van der Waals surface area contributed by atoms with Crippen LogP contribution in [0.3, 0.4) is 0 Å². The quantitative estimate of drug-likeness (QED) is 0.486. The van der Waals surface area contributed by atoms with Crippen molar-refractivity contribution in [2.75, 3.05) is 6.61 Å². The monoisotopic (exact) mass is 126 g/mol. The van der Waals surface area contributed by atoms with Gasteiger partial charge in [0.25, 0.3) is 0 Å². The summed E-state index contributed by atoms with van der Waals surface area (Å²) >= 11 is 0. The average Bonchev–Trinajstić information content (AvgIpc) is 1.83. The van der Waals surface area contributed by atoms with E-state index in [4.69, 9.17) is 4.74 Å². The van der Waals surface area contributed by atoms with Gasteiger partial charge in [0.1, 0.15) is 0 Å². The zero-order chi connectivity index (χ0) is 6.85. The van der Waals surface area contributed by atoms with Crippen molar-refractivity contribution in [1.29, 1.82) is 0 Å². The summed E-state index contributed by atoms with van der Waals surface area (Å²) in [6, 6.07) is 0. The van der Waals surface area contributed by atoms with Gasteiger partial charge in [0.2, 0.25) is 0 Å². The molecule has 1 aliphatic rings. The van der Waals surface area contributed by atoms with E-state index in [2.05, 4.69) is 0 Å². The molecule has 2 nitrogen and oxygen atoms in total. The topological polar surface area (TPSA) is 26.3 Å². The highest BCUT2D eigenvalue weighted by Crippen LogP contribution is 2.11. The Morgan fingerprint density at radius 2 is 2.44 bits per heavy atom. The van der Waals surface area contributed by atoms with Crippen molar-refractivity contribution in [1.82, 2.24) is 0 Å². The van der Waals surface area contributed by atoms with Gasteiger partial charge in [0.05, 0.1) is 18.8 Å². The number of allylic oxidation sites excluding steroid dienone is 1. The Hall–Kier alpha value is -0.790. The van der Waals surface area contributed by atoms with Gasteiger partial charge in [-0.15, -0.1) is 0 Å². The van der Waals surface area contributed by atoms with E-state index in [1.54, 1.807) is 6.92 Å². The Balaban J connectivity index is 2.74. The molecule has 0 bridgehead atoms. The summed E-state index contributed by atoms with van der Waals surface area (Å²) in [5.41, 5.74) is 0.730. The van der Waals surface area contributed by atoms with Crippen LogP contribution >= 0.6 is 0 Å². The molecule has 1 aliphatic heterocycles. The lowest BCUT2D eigenvalue weighted by molar-refractivity contribution is -0.121. The standard InChI is InChI=1S/C7H10O2/c1-5-3-9-4-6(2)7(5)8/h3,6H,4H2,1-2H3/t6-/m0/s1. The predicted octanol–water partition coefficient (Wildman–Crippen LogP) is 1.13. The summed E-state index contributed by atoms with van der Waals surface area (Å²) in [5.74, 6) is 0.260. The van der Waals surface area contributed by atoms with Crippen LogP contribution in [-0.4, -0.2) is 12.4 Å². The number of carbonyl (C=O) groups is 1. The first-order valence-corrected chi connectivity index (χ1v) is 3.04. The van der Waals surface area contributed by atoms with E-state index in [1.165, 1.54) is 6.26 Å². The fraction of sp³-hybridized carbons (Fsp3) is 0.571. The Labute approximate surface area is 54.5 Å². The van der Waals surface area contributed by atoms with Crippen LogP contribution in [0.2, 0.25) is 0 Å². The predicted molar refractivity (Wildman–Crippen MR) is 33.9 cm³/mol. The number of Topliss-reactive ketones (excluding diaryl/α,β-unsaturated/α-hetero) is 1. The molecular formula is C7H10O2. The first-order valence-electron chi connectivity index (χ1n) is 3.04. The van der Waals surface area contributed by atoms with Gasteiger partial charge >= 0.3 is 0 Å². The van der Waals surface area contributed by atoms with E-state index in [9.17, 15) is 4.79 Å². The third-order valence-corrected chi connectivity index (χ3v) is 1.44. The van der Waals surface area contributed by atoms with Gasteiger partial charge in [-0.05, 0) is 6.92 Å². The molecule has 0 amide bonds. The molecule has 0 aliphatic carbocycles. The molecule has 0 unspecified atom stereocenters. The van der Waals surface area contributed by atoms with E-state index >= 15 is 0 Å². The molecule has 0 aromatic rings. The molecular weight excluding hydrogens is 116 g/mol. The van der Waals surface area contributed by atoms with Crippen molar-refractivity contribution in [2.45, 2.75) is 13.8 Å². The number of carbonyl (C=O) groups excluding carboxylic acids is 1. The Morgan fingerprint density at radius 1 is 1.78 bits per heavy atom. The normalized spacial score (nSPS) is 27.1. The van der Waals surface area contributed by atoms with Gasteiger partial charge in [-0.2, -0.15) is 0 Å². The lowest BCUT2D eigenvalue weighted by Crippen LogP contribution is -2.21. The molecule has 0 radical (unpaired) electrons. The Morgan fingerprint density at radius 3 is 2.89 bits per heavy atom. The van der Waals surface area contributed by atoms with Gasteiger partial charge in [-0.3, -0.25) is 4.79 Å². The lowest BCUT2D eigenvalue weighted by atomic mass is 10.0. The fourth-order valence-corrected chi connectivity index (χ4v) is 0.840. The van der Waals surface area contributed by atoms with Crippen LogP contribution < -0.4 is 0 Å². The van der Waals surface area contributed by atoms with Crippen LogP contribution in [0.4, 0.5) is 0 Å². The van der Waals surface area contributed by atoms with Crippen LogP contribution in [0.15, 0.2) is 11.8 Å². The number of ether oxygens (including phenoxy) is 1. The number of ketones is 1. The molecule has 0 aromatic heterocycles. The highest BCUT2D eigenvalue weighted by atomic mass is 16.5. The van der Waals surface area contributed by atoms with Gasteiger partial charge < -0.3 is 4.74 Å². The molecule has 0 spiro atoms. The second-order valence-electron chi connectivity index (χ2n) is 2.40. The lowest BCUT2D eigenvalue weighted by Gasteiger charge is -2.15. The van der Waals surface area contributed by atoms with Crippen LogP contribution in [0.5, 0.6) is 0 Å². The second kappa shape index (κ2) is 2.21. The van der Waals surface area contributed by atoms with Crippen LogP contribution in [-0.2, 0) is 9.53 Å². The molecule has 0 aromatic carbocycles. The minimum absolute atomic E-state index is 0.0509. The maximum Gasteiger partial charge on any atom is 0.167 e. The van der Waals surface area contributed by atoms with Crippen molar-refractivity contribution in [3.63, 3.8) is 0 Å². The van der Waals surface area contributed by atoms with Crippen LogP contribution in [0.1, 0.15) is 13.8 Å². The van der Waals surface area contributed by atoms with Gasteiger partial charge in [-0.25, -0.2) is 0 Å². The summed E-state index contributed by atoms with van der Waals surface area (Å²) in [4.78, 5) is 11.0. The van der Waals surface area contributed by atoms with E-state index in [-0.39, 0.29) is 11.7 Å². The molecule has 1 atom stereocenters. The molecule has 1 heterocycles. The van der Waals surface area contributed by atoms with Crippen molar-refractivity contribution in [3.05, 3.63) is 11.8 Å². The first kappa shape index (κ1) is 6.33. The zero-order valence-corrected chi connectivity index (χ0v) is 5.68. The fourth-order valence-electron chi connectivity index (χ4n) is 0.840. The highest BCUT2D eigenvalue weighted by molar-refractivity contribution is 5.96. The van der Waals surface area contributed by atoms with Crippen LogP contribution in [0, 0.1) is 5.92 Å². The van der Waals surface area contributed by atoms with Gasteiger partial charge in [0, 0.05) is 5.57 Å². The first-order chi connectivity index (χ1) is 4.22. The van der Waals surface area contributed by atoms with E-state index in [1.807, 2.05) is 6.92 Å². The molecule has 2 heteroatoms. The van der Waals surface area contributed by atoms with Gasteiger partial charge in [0.15, 0.2) is 5.78 Å². The van der Waals surface area contributed by atoms with Crippen molar-refractivity contribution < 1.29 is 9.53 Å². The molecule has 0 saturated heterocycles. The van der Waals surface area contributed by atoms with E-state index < -0.39 is 0 Å². The molecule has 0 saturated carbocycles. The maximum absolute atomic E-state index is 11.0. The minimum atomic E-state index is 0.0509. The average molecular weight is 126 g/mol. The summed E-state index contributed by atoms with van der Waals surface area (Å²) in [5, 5.41) is 0. The number of hydrogen-bond acceptors (Lipinski definition) is 2. The third kappa shape index (κ3) is 1.12. The summed E-state index contributed by atoms with van der Waals surface area (Å²) in [7, 11) is 0. The van der Waals surface area contributed by atoms with Gasteiger partial charge in [-0.1, -0.05) is 6.92 Å². The minimum Gasteiger partial charge on any atom is -0.500 e. The Kier molecular flexibility index (Phi) is 1.56. The summed E-state index contributed by atoms with van der Waals surface area (Å²) in [6.45, 7) is 4.19. The van der Waals surface area contributed by atoms with E-state index in [0.29, 0.717) is 6.61 Å². The summed E-state index contributed by atoms with van der Waals surface area (Å²) < 4.78 is 4.98. The molecule has 0 N–H and O–H groups in total. The van der Waals surface area contributed by atoms with E-state index in [0.717, 1.165) is 5.57 Å². The molecule has 0 fully saturated rings. The van der Waals surface area contributed by atoms with Crippen LogP contribution in [0.25, 0.3) is 0 Å². The molecule has 1 rings (SSSR count). The Bertz CT molecular complexity index is 158. The SMILES string of the molecule is CC1=COC[C@H](C)C1=O. The number of rotatable bonds is 0. The maximum atomic E-state index is 11.0. The zero-order valence-electron chi connectivity index (χ0n) is 5.68. The molecule has 50 valence electrons. The van der Waals surface area contributed by atoms with Crippen molar-refractivity contribution >= 4 is 5.78 Å². The summed E-state index contributed by atoms with van der Waals surface area (Å²) in [6.07, 6.45) is 1.53. The molecule has 9 heavy (non-hydrogen) atoms. The second-order valence-corrected chi connectivity index (χ2v) is 2.40. The van der Waals surface area contributed by atoms with Crippen molar-refractivity contribution in [3.8, 4) is 0 Å². The highest BCUT2D eigenvalue weighted by Gasteiger charge is 2.18. The third-order valence-electron chi connectivity index (χ3n) is 1.44. The largest absolute Gasteiger partial charge is 0.500 e. The number of hydrogen-bond donors (Lipinski definition) is 0. The van der Waals surface area contributed by atoms with Crippen molar-refractivity contribution in [2.24, 2.45) is 5.92 Å².